The molecule has 7 heteroatoms. The molecule has 51 heavy (non-hydrogen) atoms. The van der Waals surface area contributed by atoms with Crippen molar-refractivity contribution < 1.29 is 0 Å². The number of anilines is 6. The van der Waals surface area contributed by atoms with E-state index in [-0.39, 0.29) is 29.1 Å². The minimum absolute atomic E-state index is 0.0129. The average Bonchev–Trinajstić information content (AvgIpc) is 3.13. The van der Waals surface area contributed by atoms with Crippen molar-refractivity contribution in [2.45, 2.75) is 52.4 Å². The molecule has 6 aromatic rings. The monoisotopic (exact) mass is 660 g/mol. The molecule has 0 saturated heterocycles. The summed E-state index contributed by atoms with van der Waals surface area (Å²) in [5.74, 6) is 0.486. The molecule has 3 heterocycles. The van der Waals surface area contributed by atoms with Crippen LogP contribution in [0, 0.1) is 17.9 Å². The summed E-state index contributed by atoms with van der Waals surface area (Å²) >= 11 is 0. The first-order valence-electron chi connectivity index (χ1n) is 17.3. The highest BCUT2D eigenvalue weighted by Crippen LogP contribution is 2.46. The molecule has 1 aromatic heterocycles. The minimum atomic E-state index is -0.0307. The molecule has 0 aliphatic carbocycles. The fourth-order valence-corrected chi connectivity index (χ4v) is 7.48. The largest absolute Gasteiger partial charge is 0.360 e. The molecule has 6 nitrogen and oxygen atoms in total. The van der Waals surface area contributed by atoms with Crippen LogP contribution in [0.1, 0.15) is 58.4 Å². The molecular formula is C44H37BN6. The lowest BCUT2D eigenvalue weighted by molar-refractivity contribution is 0.590. The normalized spacial score (nSPS) is 13.1. The highest BCUT2D eigenvalue weighted by molar-refractivity contribution is 7.00. The van der Waals surface area contributed by atoms with E-state index in [1.807, 2.05) is 0 Å². The fourth-order valence-electron chi connectivity index (χ4n) is 7.48. The van der Waals surface area contributed by atoms with Gasteiger partial charge in [0.05, 0.1) is 0 Å². The summed E-state index contributed by atoms with van der Waals surface area (Å²) in [5, 5.41) is 9.86. The molecule has 5 aromatic carbocycles. The molecule has 0 unspecified atom stereocenters. The zero-order valence-electron chi connectivity index (χ0n) is 29.7. The summed E-state index contributed by atoms with van der Waals surface area (Å²) < 4.78 is 0. The molecule has 8 rings (SSSR count). The molecule has 246 valence electrons. The zero-order valence-corrected chi connectivity index (χ0v) is 29.7. The van der Waals surface area contributed by atoms with Gasteiger partial charge < -0.3 is 14.6 Å². The second kappa shape index (κ2) is 11.7. The number of rotatable bonds is 3. The van der Waals surface area contributed by atoms with Crippen molar-refractivity contribution in [2.75, 3.05) is 9.80 Å². The van der Waals surface area contributed by atoms with E-state index in [4.69, 9.17) is 6.57 Å². The maximum Gasteiger partial charge on any atom is 0.274 e. The number of benzene rings is 5. The van der Waals surface area contributed by atoms with Gasteiger partial charge in [-0.05, 0) is 86.9 Å². The van der Waals surface area contributed by atoms with Gasteiger partial charge in [-0.25, -0.2) is 0 Å². The standard InChI is InChI=1S/C44H37BN6/c1-43(2,3)29-16-20-32(21-17-29)50-36-14-10-8-12-34(36)45-35-13-9-11-15-37(35)51(33-22-18-30(19-23-33)44(4,5)6)39-25-28(24-38(50)41(39)45)42-48-31(27-46)26-40(47-7)49-42/h8-26H,1-6H3. The molecule has 0 bridgehead atoms. The van der Waals surface area contributed by atoms with Crippen molar-refractivity contribution in [3.05, 3.63) is 143 Å². The number of nitrogens with zero attached hydrogens (tertiary/aromatic N) is 6. The molecule has 2 aliphatic rings. The molecule has 0 N–H and O–H groups in total. The number of aromatic nitrogens is 2. The van der Waals surface area contributed by atoms with E-state index in [2.05, 4.69) is 181 Å². The maximum absolute atomic E-state index is 9.86. The Balaban J connectivity index is 1.46. The molecule has 2 aliphatic heterocycles. The number of fused-ring (bicyclic) bond motifs is 4. The molecular weight excluding hydrogens is 623 g/mol. The molecule has 0 radical (unpaired) electrons. The summed E-state index contributed by atoms with van der Waals surface area (Å²) in [7, 11) is 0. The van der Waals surface area contributed by atoms with Crippen LogP contribution in [0.2, 0.25) is 0 Å². The van der Waals surface area contributed by atoms with Crippen molar-refractivity contribution in [1.82, 2.24) is 9.97 Å². The Morgan fingerprint density at radius 3 is 1.53 bits per heavy atom. The summed E-state index contributed by atoms with van der Waals surface area (Å²) in [6.45, 7) is 21.1. The van der Waals surface area contributed by atoms with Gasteiger partial charge in [0.25, 0.3) is 18.4 Å². The number of para-hydroxylation sites is 2. The Morgan fingerprint density at radius 1 is 0.627 bits per heavy atom. The van der Waals surface area contributed by atoms with E-state index in [1.165, 1.54) is 33.6 Å². The summed E-state index contributed by atoms with van der Waals surface area (Å²) in [5.41, 5.74) is 13.4. The number of nitriles is 1. The van der Waals surface area contributed by atoms with E-state index in [9.17, 15) is 5.26 Å². The van der Waals surface area contributed by atoms with Crippen LogP contribution in [0.4, 0.5) is 39.9 Å². The van der Waals surface area contributed by atoms with Gasteiger partial charge in [0.2, 0.25) is 0 Å². The van der Waals surface area contributed by atoms with Crippen LogP contribution < -0.4 is 26.2 Å². The Hall–Kier alpha value is -6.18. The molecule has 0 saturated carbocycles. The highest BCUT2D eigenvalue weighted by atomic mass is 15.2. The van der Waals surface area contributed by atoms with Gasteiger partial charge in [0, 0.05) is 45.8 Å². The first-order valence-corrected chi connectivity index (χ1v) is 17.3. The Bertz CT molecular complexity index is 2260. The predicted octanol–water partition coefficient (Wildman–Crippen LogP) is 9.24. The first kappa shape index (κ1) is 32.1. The second-order valence-corrected chi connectivity index (χ2v) is 15.4. The van der Waals surface area contributed by atoms with Crippen LogP contribution in [0.15, 0.2) is 115 Å². The lowest BCUT2D eigenvalue weighted by Crippen LogP contribution is -2.61. The van der Waals surface area contributed by atoms with E-state index < -0.39 is 0 Å². The van der Waals surface area contributed by atoms with Crippen molar-refractivity contribution in [3.63, 3.8) is 0 Å². The Morgan fingerprint density at radius 2 is 1.10 bits per heavy atom. The quantitative estimate of drug-likeness (QED) is 0.140. The second-order valence-electron chi connectivity index (χ2n) is 15.4. The van der Waals surface area contributed by atoms with Gasteiger partial charge in [0.1, 0.15) is 11.8 Å². The van der Waals surface area contributed by atoms with Gasteiger partial charge in [0.15, 0.2) is 0 Å². The topological polar surface area (TPSA) is 60.4 Å². The van der Waals surface area contributed by atoms with Crippen LogP contribution >= 0.6 is 0 Å². The summed E-state index contributed by atoms with van der Waals surface area (Å²) in [6, 6.07) is 42.9. The fraction of sp³-hybridized carbons (Fsp3) is 0.182. The average molecular weight is 661 g/mol. The molecule has 0 fully saturated rings. The van der Waals surface area contributed by atoms with Crippen LogP contribution in [-0.2, 0) is 10.8 Å². The summed E-state index contributed by atoms with van der Waals surface area (Å²) in [4.78, 5) is 17.6. The molecule has 0 amide bonds. The van der Waals surface area contributed by atoms with Gasteiger partial charge in [-0.15, -0.1) is 0 Å². The van der Waals surface area contributed by atoms with Crippen molar-refractivity contribution >= 4 is 63.0 Å². The Kier molecular flexibility index (Phi) is 7.36. The van der Waals surface area contributed by atoms with Crippen LogP contribution in [-0.4, -0.2) is 16.7 Å². The summed E-state index contributed by atoms with van der Waals surface area (Å²) in [6.07, 6.45) is 0. The van der Waals surface area contributed by atoms with E-state index in [0.717, 1.165) is 39.7 Å². The highest BCUT2D eigenvalue weighted by Gasteiger charge is 2.43. The minimum Gasteiger partial charge on any atom is -0.360 e. The van der Waals surface area contributed by atoms with Crippen molar-refractivity contribution in [1.29, 1.82) is 5.26 Å². The van der Waals surface area contributed by atoms with Gasteiger partial charge >= 0.3 is 0 Å². The van der Waals surface area contributed by atoms with E-state index >= 15 is 0 Å². The van der Waals surface area contributed by atoms with Crippen LogP contribution in [0.25, 0.3) is 16.2 Å². The van der Waals surface area contributed by atoms with Gasteiger partial charge in [-0.2, -0.15) is 10.2 Å². The van der Waals surface area contributed by atoms with E-state index in [0.29, 0.717) is 5.82 Å². The van der Waals surface area contributed by atoms with E-state index in [1.54, 1.807) is 0 Å². The lowest BCUT2D eigenvalue weighted by Gasteiger charge is -2.44. The first-order chi connectivity index (χ1) is 24.5. The van der Waals surface area contributed by atoms with Crippen LogP contribution in [0.3, 0.4) is 0 Å². The third kappa shape index (κ3) is 5.34. The number of hydrogen-bond acceptors (Lipinski definition) is 5. The predicted molar refractivity (Wildman–Crippen MR) is 210 cm³/mol. The van der Waals surface area contributed by atoms with Crippen molar-refractivity contribution in [2.24, 2.45) is 0 Å². The van der Waals surface area contributed by atoms with Gasteiger partial charge in [-0.1, -0.05) is 114 Å². The SMILES string of the molecule is [C-]#[N+]c1cc(C#N)nc(-c2cc3c4c(c2)N(c2ccc(C(C)(C)C)cc2)c2ccccc2B4c2ccccc2N3c2ccc(C(C)(C)C)cc2)n1. The van der Waals surface area contributed by atoms with Crippen LogP contribution in [0.5, 0.6) is 0 Å². The molecule has 0 atom stereocenters. The lowest BCUT2D eigenvalue weighted by atomic mass is 9.33. The van der Waals surface area contributed by atoms with Crippen molar-refractivity contribution in [3.8, 4) is 17.5 Å². The molecule has 0 spiro atoms. The smallest absolute Gasteiger partial charge is 0.274 e. The third-order valence-corrected chi connectivity index (χ3v) is 10.1. The zero-order chi connectivity index (χ0) is 35.7. The van der Waals surface area contributed by atoms with Gasteiger partial charge in [-0.3, -0.25) is 0 Å². The maximum atomic E-state index is 9.86. The number of hydrogen-bond donors (Lipinski definition) is 0. The third-order valence-electron chi connectivity index (χ3n) is 10.1. The Labute approximate surface area is 300 Å².